The Morgan fingerprint density at radius 2 is 1.74 bits per heavy atom. The zero-order valence-corrected chi connectivity index (χ0v) is 15.7. The number of benzene rings is 1. The molecule has 0 unspecified atom stereocenters. The van der Waals surface area contributed by atoms with Crippen molar-refractivity contribution in [2.75, 3.05) is 72.4 Å². The highest BCUT2D eigenvalue weighted by atomic mass is 16.7. The van der Waals surface area contributed by atoms with E-state index in [2.05, 4.69) is 21.2 Å². The van der Waals surface area contributed by atoms with Crippen LogP contribution in [0.15, 0.2) is 18.2 Å². The number of ether oxygens (including phenoxy) is 3. The molecule has 3 aliphatic rings. The Hall–Kier alpha value is -2.03. The third kappa shape index (κ3) is 4.82. The maximum Gasteiger partial charge on any atom is 0.317 e. The van der Waals surface area contributed by atoms with Crippen LogP contribution < -0.4 is 14.8 Å². The van der Waals surface area contributed by atoms with Gasteiger partial charge < -0.3 is 24.4 Å². The Morgan fingerprint density at radius 1 is 0.963 bits per heavy atom. The van der Waals surface area contributed by atoms with E-state index in [0.717, 1.165) is 77.1 Å². The topological polar surface area (TPSA) is 66.5 Å². The van der Waals surface area contributed by atoms with Crippen molar-refractivity contribution < 1.29 is 19.0 Å². The van der Waals surface area contributed by atoms with Crippen LogP contribution in [0.2, 0.25) is 0 Å². The molecule has 0 aromatic heterocycles. The molecule has 2 saturated heterocycles. The number of amides is 2. The highest BCUT2D eigenvalue weighted by molar-refractivity contribution is 5.74. The Morgan fingerprint density at radius 3 is 2.56 bits per heavy atom. The van der Waals surface area contributed by atoms with Crippen LogP contribution in [0.4, 0.5) is 4.79 Å². The van der Waals surface area contributed by atoms with Gasteiger partial charge in [-0.1, -0.05) is 6.07 Å². The highest BCUT2D eigenvalue weighted by Crippen LogP contribution is 2.32. The summed E-state index contributed by atoms with van der Waals surface area (Å²) in [7, 11) is 0. The number of piperazine rings is 1. The van der Waals surface area contributed by atoms with Gasteiger partial charge in [0.25, 0.3) is 0 Å². The van der Waals surface area contributed by atoms with E-state index in [0.29, 0.717) is 13.3 Å². The van der Waals surface area contributed by atoms with Crippen LogP contribution in [0, 0.1) is 0 Å². The average Bonchev–Trinajstić information content (AvgIpc) is 3.17. The third-order valence-corrected chi connectivity index (χ3v) is 5.31. The van der Waals surface area contributed by atoms with Crippen LogP contribution in [0.1, 0.15) is 5.56 Å². The van der Waals surface area contributed by atoms with Crippen molar-refractivity contribution in [3.63, 3.8) is 0 Å². The van der Waals surface area contributed by atoms with Gasteiger partial charge in [0.2, 0.25) is 6.79 Å². The minimum absolute atomic E-state index is 0.0472. The van der Waals surface area contributed by atoms with Crippen molar-refractivity contribution in [3.8, 4) is 11.5 Å². The number of hydrogen-bond donors (Lipinski definition) is 1. The predicted octanol–water partition coefficient (Wildman–Crippen LogP) is 0.575. The Bertz CT molecular complexity index is 643. The maximum atomic E-state index is 12.4. The van der Waals surface area contributed by atoms with Crippen LogP contribution in [0.3, 0.4) is 0 Å². The van der Waals surface area contributed by atoms with Crippen LogP contribution in [0.5, 0.6) is 11.5 Å². The van der Waals surface area contributed by atoms with Crippen LogP contribution in [-0.4, -0.2) is 93.1 Å². The van der Waals surface area contributed by atoms with Gasteiger partial charge in [-0.05, 0) is 17.7 Å². The molecule has 27 heavy (non-hydrogen) atoms. The second-order valence-corrected chi connectivity index (χ2v) is 7.14. The number of nitrogens with one attached hydrogen (secondary N) is 1. The van der Waals surface area contributed by atoms with E-state index in [1.165, 1.54) is 5.56 Å². The molecule has 1 aromatic carbocycles. The van der Waals surface area contributed by atoms with E-state index in [1.807, 2.05) is 17.0 Å². The van der Waals surface area contributed by atoms with Gasteiger partial charge >= 0.3 is 6.03 Å². The molecule has 148 valence electrons. The Kier molecular flexibility index (Phi) is 5.96. The van der Waals surface area contributed by atoms with Gasteiger partial charge in [-0.25, -0.2) is 4.79 Å². The molecule has 2 amide bonds. The lowest BCUT2D eigenvalue weighted by atomic mass is 10.1. The molecule has 4 rings (SSSR count). The summed E-state index contributed by atoms with van der Waals surface area (Å²) in [4.78, 5) is 19.0. The van der Waals surface area contributed by atoms with Gasteiger partial charge in [-0.2, -0.15) is 0 Å². The number of nitrogens with zero attached hydrogens (tertiary/aromatic N) is 3. The predicted molar refractivity (Wildman–Crippen MR) is 100 cm³/mol. The first-order valence-corrected chi connectivity index (χ1v) is 9.72. The molecule has 3 heterocycles. The second-order valence-electron chi connectivity index (χ2n) is 7.14. The van der Waals surface area contributed by atoms with Crippen LogP contribution >= 0.6 is 0 Å². The first-order valence-electron chi connectivity index (χ1n) is 9.72. The highest BCUT2D eigenvalue weighted by Gasteiger charge is 2.22. The minimum atomic E-state index is 0.0472. The molecule has 0 saturated carbocycles. The monoisotopic (exact) mass is 376 g/mol. The molecule has 3 aliphatic heterocycles. The fraction of sp³-hybridized carbons (Fsp3) is 0.632. The molecular weight excluding hydrogens is 348 g/mol. The zero-order chi connectivity index (χ0) is 18.5. The zero-order valence-electron chi connectivity index (χ0n) is 15.7. The molecule has 0 spiro atoms. The average molecular weight is 376 g/mol. The number of fused-ring (bicyclic) bond motifs is 1. The van der Waals surface area contributed by atoms with E-state index >= 15 is 0 Å². The molecule has 0 radical (unpaired) electrons. The standard InChI is InChI=1S/C19H28N4O4/c24-19(20-3-4-21-9-11-25-12-10-21)23-7-5-22(6-8-23)14-16-1-2-17-18(13-16)27-15-26-17/h1-2,13H,3-12,14-15H2,(H,20,24). The van der Waals surface area contributed by atoms with E-state index in [1.54, 1.807) is 0 Å². The maximum absolute atomic E-state index is 12.4. The third-order valence-electron chi connectivity index (χ3n) is 5.31. The van der Waals surface area contributed by atoms with Crippen molar-refractivity contribution in [1.29, 1.82) is 0 Å². The van der Waals surface area contributed by atoms with Crippen molar-refractivity contribution in [1.82, 2.24) is 20.0 Å². The van der Waals surface area contributed by atoms with Crippen molar-refractivity contribution in [2.24, 2.45) is 0 Å². The molecule has 8 nitrogen and oxygen atoms in total. The molecule has 0 atom stereocenters. The normalized spacial score (nSPS) is 20.7. The van der Waals surface area contributed by atoms with Crippen LogP contribution in [0.25, 0.3) is 0 Å². The summed E-state index contributed by atoms with van der Waals surface area (Å²) in [5, 5.41) is 3.05. The van der Waals surface area contributed by atoms with Crippen molar-refractivity contribution >= 4 is 6.03 Å². The second kappa shape index (κ2) is 8.77. The van der Waals surface area contributed by atoms with Gasteiger partial charge in [0.1, 0.15) is 0 Å². The summed E-state index contributed by atoms with van der Waals surface area (Å²) >= 11 is 0. The SMILES string of the molecule is O=C(NCCN1CCOCC1)N1CCN(Cc2ccc3c(c2)OCO3)CC1. The molecule has 0 bridgehead atoms. The van der Waals surface area contributed by atoms with Gasteiger partial charge in [-0.15, -0.1) is 0 Å². The smallest absolute Gasteiger partial charge is 0.317 e. The van der Waals surface area contributed by atoms with Crippen LogP contribution in [-0.2, 0) is 11.3 Å². The molecule has 1 aromatic rings. The number of carbonyl (C=O) groups excluding carboxylic acids is 1. The van der Waals surface area contributed by atoms with E-state index in [-0.39, 0.29) is 6.03 Å². The van der Waals surface area contributed by atoms with Gasteiger partial charge in [0.05, 0.1) is 13.2 Å². The van der Waals surface area contributed by atoms with Crippen molar-refractivity contribution in [2.45, 2.75) is 6.54 Å². The summed E-state index contributed by atoms with van der Waals surface area (Å²) in [5.74, 6) is 1.64. The van der Waals surface area contributed by atoms with Gasteiger partial charge in [-0.3, -0.25) is 9.80 Å². The molecule has 0 aliphatic carbocycles. The lowest BCUT2D eigenvalue weighted by molar-refractivity contribution is 0.0385. The van der Waals surface area contributed by atoms with Gasteiger partial charge in [0, 0.05) is 58.9 Å². The van der Waals surface area contributed by atoms with Crippen molar-refractivity contribution in [3.05, 3.63) is 23.8 Å². The largest absolute Gasteiger partial charge is 0.454 e. The summed E-state index contributed by atoms with van der Waals surface area (Å²) in [6, 6.07) is 6.15. The number of rotatable bonds is 5. The summed E-state index contributed by atoms with van der Waals surface area (Å²) < 4.78 is 16.1. The van der Waals surface area contributed by atoms with E-state index in [9.17, 15) is 4.79 Å². The van der Waals surface area contributed by atoms with E-state index < -0.39 is 0 Å². The fourth-order valence-corrected chi connectivity index (χ4v) is 3.66. The molecule has 8 heteroatoms. The fourth-order valence-electron chi connectivity index (χ4n) is 3.66. The van der Waals surface area contributed by atoms with Gasteiger partial charge in [0.15, 0.2) is 11.5 Å². The molecular formula is C19H28N4O4. The van der Waals surface area contributed by atoms with E-state index in [4.69, 9.17) is 14.2 Å². The summed E-state index contributed by atoms with van der Waals surface area (Å²) in [6.07, 6.45) is 0. The first-order chi connectivity index (χ1) is 13.3. The Balaban J connectivity index is 1.16. The quantitative estimate of drug-likeness (QED) is 0.811. The Labute approximate surface area is 159 Å². The first kappa shape index (κ1) is 18.3. The number of urea groups is 1. The molecule has 1 N–H and O–H groups in total. The lowest BCUT2D eigenvalue weighted by Crippen LogP contribution is -2.52. The molecule has 2 fully saturated rings. The number of morpholine rings is 1. The summed E-state index contributed by atoms with van der Waals surface area (Å²) in [6.45, 7) is 9.51. The lowest BCUT2D eigenvalue weighted by Gasteiger charge is -2.35. The number of carbonyl (C=O) groups is 1. The number of hydrogen-bond acceptors (Lipinski definition) is 6. The summed E-state index contributed by atoms with van der Waals surface area (Å²) in [5.41, 5.74) is 1.21. The minimum Gasteiger partial charge on any atom is -0.454 e.